The van der Waals surface area contributed by atoms with Gasteiger partial charge >= 0.3 is 0 Å². The van der Waals surface area contributed by atoms with E-state index in [0.29, 0.717) is 23.4 Å². The Hall–Kier alpha value is -1.44. The Morgan fingerprint density at radius 1 is 0.679 bits per heavy atom. The molecule has 0 radical (unpaired) electrons. The Morgan fingerprint density at radius 2 is 1.04 bits per heavy atom. The number of ketones is 2. The van der Waals surface area contributed by atoms with Gasteiger partial charge in [0, 0.05) is 23.7 Å². The number of carbonyl (C=O) groups is 2. The quantitative estimate of drug-likeness (QED) is 0.715. The van der Waals surface area contributed by atoms with Crippen molar-refractivity contribution < 1.29 is 9.59 Å². The topological polar surface area (TPSA) is 34.1 Å². The van der Waals surface area contributed by atoms with Gasteiger partial charge < -0.3 is 0 Å². The summed E-state index contributed by atoms with van der Waals surface area (Å²) in [5.41, 5.74) is 2.95. The van der Waals surface area contributed by atoms with E-state index in [4.69, 9.17) is 0 Å². The van der Waals surface area contributed by atoms with Gasteiger partial charge in [0.15, 0.2) is 0 Å². The predicted octanol–water partition coefficient (Wildman–Crippen LogP) is 5.27. The molecule has 5 rings (SSSR count). The smallest absolute Gasteiger partial charge is 0.140 e. The minimum absolute atomic E-state index is 0.191. The molecular formula is C26H34O2. The fourth-order valence-electron chi connectivity index (χ4n) is 7.87. The lowest BCUT2D eigenvalue weighted by Crippen LogP contribution is -2.24. The minimum Gasteiger partial charge on any atom is -0.299 e. The molecule has 150 valence electrons. The molecule has 2 nitrogen and oxygen atoms in total. The maximum absolute atomic E-state index is 12.8. The summed E-state index contributed by atoms with van der Waals surface area (Å²) in [6.45, 7) is 9.18. The van der Waals surface area contributed by atoms with Crippen LogP contribution in [0, 0.1) is 46.3 Å². The fourth-order valence-corrected chi connectivity index (χ4v) is 7.87. The number of rotatable bonds is 4. The molecule has 0 amide bonds. The van der Waals surface area contributed by atoms with Crippen molar-refractivity contribution >= 4 is 11.6 Å². The zero-order valence-electron chi connectivity index (χ0n) is 17.8. The average molecular weight is 379 g/mol. The van der Waals surface area contributed by atoms with Crippen LogP contribution >= 0.6 is 0 Å². The maximum Gasteiger partial charge on any atom is 0.140 e. The number of benzene rings is 1. The molecule has 0 aliphatic heterocycles. The molecule has 0 N–H and O–H groups in total. The summed E-state index contributed by atoms with van der Waals surface area (Å²) in [5.74, 6) is 3.14. The van der Waals surface area contributed by atoms with E-state index in [1.54, 1.807) is 0 Å². The van der Waals surface area contributed by atoms with E-state index in [2.05, 4.69) is 52.0 Å². The molecule has 28 heavy (non-hydrogen) atoms. The highest BCUT2D eigenvalue weighted by atomic mass is 16.1. The number of hydrogen-bond acceptors (Lipinski definition) is 2. The van der Waals surface area contributed by atoms with Crippen molar-refractivity contribution in [3.8, 4) is 0 Å². The van der Waals surface area contributed by atoms with Crippen LogP contribution in [0.5, 0.6) is 0 Å². The Labute approximate surface area is 169 Å². The summed E-state index contributed by atoms with van der Waals surface area (Å²) in [6, 6.07) is 8.85. The van der Waals surface area contributed by atoms with E-state index < -0.39 is 0 Å². The van der Waals surface area contributed by atoms with Crippen molar-refractivity contribution in [2.45, 2.75) is 66.2 Å². The third-order valence-corrected chi connectivity index (χ3v) is 9.56. The standard InChI is InChI=1S/C26H34O2/c1-25(2)19-9-11-21(25)23(27)17(19)13-15-5-7-16(8-6-15)14-18-20-10-12-22(24(18)28)26(20,3)4/h5-8,17-22H,9-14H2,1-4H3. The highest BCUT2D eigenvalue weighted by Gasteiger charge is 2.59. The third-order valence-electron chi connectivity index (χ3n) is 9.56. The molecule has 1 aromatic carbocycles. The number of carbonyl (C=O) groups excluding carboxylic acids is 2. The lowest BCUT2D eigenvalue weighted by molar-refractivity contribution is -0.126. The van der Waals surface area contributed by atoms with Crippen LogP contribution < -0.4 is 0 Å². The second-order valence-corrected chi connectivity index (χ2v) is 11.4. The van der Waals surface area contributed by atoms with E-state index in [1.165, 1.54) is 24.0 Å². The summed E-state index contributed by atoms with van der Waals surface area (Å²) in [6.07, 6.45) is 6.41. The van der Waals surface area contributed by atoms with E-state index in [9.17, 15) is 9.59 Å². The van der Waals surface area contributed by atoms with Crippen LogP contribution in [-0.4, -0.2) is 11.6 Å². The Morgan fingerprint density at radius 3 is 1.32 bits per heavy atom. The zero-order chi connectivity index (χ0) is 19.8. The molecule has 1 aromatic rings. The molecule has 2 heteroatoms. The predicted molar refractivity (Wildman–Crippen MR) is 111 cm³/mol. The molecule has 4 fully saturated rings. The van der Waals surface area contributed by atoms with Crippen molar-refractivity contribution in [3.63, 3.8) is 0 Å². The molecule has 6 atom stereocenters. The zero-order valence-corrected chi connectivity index (χ0v) is 17.8. The average Bonchev–Trinajstić information content (AvgIpc) is 3.22. The van der Waals surface area contributed by atoms with Gasteiger partial charge in [-0.15, -0.1) is 0 Å². The van der Waals surface area contributed by atoms with Gasteiger partial charge in [0.2, 0.25) is 0 Å². The molecular weight excluding hydrogens is 344 g/mol. The van der Waals surface area contributed by atoms with Gasteiger partial charge in [0.25, 0.3) is 0 Å². The number of fused-ring (bicyclic) bond motifs is 4. The molecule has 0 spiro atoms. The Balaban J connectivity index is 1.27. The first kappa shape index (κ1) is 18.6. The summed E-state index contributed by atoms with van der Waals surface area (Å²) in [7, 11) is 0. The van der Waals surface area contributed by atoms with Crippen molar-refractivity contribution in [1.29, 1.82) is 0 Å². The largest absolute Gasteiger partial charge is 0.299 e. The van der Waals surface area contributed by atoms with Crippen molar-refractivity contribution in [3.05, 3.63) is 35.4 Å². The van der Waals surface area contributed by atoms with Gasteiger partial charge in [-0.3, -0.25) is 9.59 Å². The second-order valence-electron chi connectivity index (χ2n) is 11.4. The summed E-state index contributed by atoms with van der Waals surface area (Å²) < 4.78 is 0. The lowest BCUT2D eigenvalue weighted by Gasteiger charge is -2.26. The molecule has 4 aliphatic carbocycles. The van der Waals surface area contributed by atoms with Gasteiger partial charge in [-0.05, 0) is 72.3 Å². The SMILES string of the molecule is CC1(C)C2CCC1C(Cc1ccc(CC3C(=O)C4CCC3C4(C)C)cc1)C2=O. The van der Waals surface area contributed by atoms with E-state index in [0.717, 1.165) is 25.7 Å². The molecule has 4 aliphatic rings. The molecule has 0 saturated heterocycles. The molecule has 0 heterocycles. The summed E-state index contributed by atoms with van der Waals surface area (Å²) in [4.78, 5) is 25.6. The Kier molecular flexibility index (Phi) is 4.00. The monoisotopic (exact) mass is 378 g/mol. The normalized spacial score (nSPS) is 39.9. The van der Waals surface area contributed by atoms with Crippen LogP contribution in [-0.2, 0) is 22.4 Å². The summed E-state index contributed by atoms with van der Waals surface area (Å²) in [5, 5.41) is 0. The second kappa shape index (κ2) is 6.03. The van der Waals surface area contributed by atoms with Crippen molar-refractivity contribution in [1.82, 2.24) is 0 Å². The van der Waals surface area contributed by atoms with Crippen LogP contribution in [0.25, 0.3) is 0 Å². The van der Waals surface area contributed by atoms with Crippen LogP contribution in [0.3, 0.4) is 0 Å². The van der Waals surface area contributed by atoms with Gasteiger partial charge in [-0.2, -0.15) is 0 Å². The number of Topliss-reactive ketones (excluding diaryl/α,β-unsaturated/α-hetero) is 2. The van der Waals surface area contributed by atoms with Crippen molar-refractivity contribution in [2.75, 3.05) is 0 Å². The lowest BCUT2D eigenvalue weighted by atomic mass is 9.78. The molecule has 0 aromatic heterocycles. The van der Waals surface area contributed by atoms with Gasteiger partial charge in [0.1, 0.15) is 11.6 Å². The highest BCUT2D eigenvalue weighted by Crippen LogP contribution is 2.60. The molecule has 4 bridgehead atoms. The first-order valence-electron chi connectivity index (χ1n) is 11.4. The van der Waals surface area contributed by atoms with Crippen LogP contribution in [0.4, 0.5) is 0 Å². The van der Waals surface area contributed by atoms with Crippen molar-refractivity contribution in [2.24, 2.45) is 46.3 Å². The number of hydrogen-bond donors (Lipinski definition) is 0. The van der Waals surface area contributed by atoms with Crippen LogP contribution in [0.15, 0.2) is 24.3 Å². The minimum atomic E-state index is 0.191. The first-order valence-corrected chi connectivity index (χ1v) is 11.4. The molecule has 6 unspecified atom stereocenters. The highest BCUT2D eigenvalue weighted by molar-refractivity contribution is 5.89. The van der Waals surface area contributed by atoms with E-state index in [-0.39, 0.29) is 34.5 Å². The van der Waals surface area contributed by atoms with Crippen LogP contribution in [0.1, 0.15) is 64.5 Å². The van der Waals surface area contributed by atoms with E-state index >= 15 is 0 Å². The Bertz CT molecular complexity index is 746. The summed E-state index contributed by atoms with van der Waals surface area (Å²) >= 11 is 0. The maximum atomic E-state index is 12.8. The fraction of sp³-hybridized carbons (Fsp3) is 0.692. The van der Waals surface area contributed by atoms with Gasteiger partial charge in [-0.1, -0.05) is 52.0 Å². The van der Waals surface area contributed by atoms with Crippen LogP contribution in [0.2, 0.25) is 0 Å². The molecule has 4 saturated carbocycles. The van der Waals surface area contributed by atoms with E-state index in [1.807, 2.05) is 0 Å². The third kappa shape index (κ3) is 2.45. The van der Waals surface area contributed by atoms with Gasteiger partial charge in [0.05, 0.1) is 0 Å². The first-order chi connectivity index (χ1) is 13.2. The van der Waals surface area contributed by atoms with Gasteiger partial charge in [-0.25, -0.2) is 0 Å².